The summed E-state index contributed by atoms with van der Waals surface area (Å²) in [5.74, 6) is -2.65. The van der Waals surface area contributed by atoms with Gasteiger partial charge >= 0.3 is 0 Å². The molecule has 0 radical (unpaired) electrons. The normalized spacial score (nSPS) is 16.5. The number of hydroxylamine groups is 6. The number of carbonyl (C=O) groups excluding carboxylic acids is 8. The standard InChI is InChI=1S/C37H61N7O11/c1-28(45)42(53)24-8-2-5-21-38-31(46)15-17-35(50)43(54)25-9-3-6-22-39-32(47)16-18-36(51)44(55)26-10-4-7-23-40-37(52)30-13-11-29(12-14-30)27-41-33(48)19-20-34(41)49/h19-20,29-30,53-55H,2-18,21-27H2,1H3,(H,38,46)(H,39,47)(H,40,52). The van der Waals surface area contributed by atoms with E-state index in [2.05, 4.69) is 16.0 Å². The van der Waals surface area contributed by atoms with Gasteiger partial charge in [0.05, 0.1) is 0 Å². The van der Waals surface area contributed by atoms with Gasteiger partial charge in [-0.15, -0.1) is 0 Å². The van der Waals surface area contributed by atoms with Crippen molar-refractivity contribution in [2.45, 2.75) is 116 Å². The molecule has 1 heterocycles. The van der Waals surface area contributed by atoms with Crippen molar-refractivity contribution >= 4 is 47.3 Å². The Balaban J connectivity index is 1.40. The average molecular weight is 780 g/mol. The van der Waals surface area contributed by atoms with E-state index in [1.165, 1.54) is 24.0 Å². The molecule has 18 heteroatoms. The molecule has 1 fully saturated rings. The highest BCUT2D eigenvalue weighted by Gasteiger charge is 2.31. The Bertz CT molecular complexity index is 1300. The second kappa shape index (κ2) is 26.4. The molecule has 2 aliphatic rings. The zero-order valence-electron chi connectivity index (χ0n) is 32.2. The maximum atomic E-state index is 12.6. The summed E-state index contributed by atoms with van der Waals surface area (Å²) in [6.45, 7) is 3.32. The number of hydrogen-bond donors (Lipinski definition) is 6. The highest BCUT2D eigenvalue weighted by Crippen LogP contribution is 2.30. The zero-order chi connectivity index (χ0) is 40.6. The molecule has 1 aliphatic heterocycles. The minimum Gasteiger partial charge on any atom is -0.356 e. The Morgan fingerprint density at radius 2 is 1.02 bits per heavy atom. The van der Waals surface area contributed by atoms with Crippen LogP contribution in [0.15, 0.2) is 12.2 Å². The predicted octanol–water partition coefficient (Wildman–Crippen LogP) is 1.81. The molecule has 310 valence electrons. The molecule has 18 nitrogen and oxygen atoms in total. The van der Waals surface area contributed by atoms with Crippen molar-refractivity contribution in [3.63, 3.8) is 0 Å². The summed E-state index contributed by atoms with van der Waals surface area (Å²) in [6, 6.07) is 0. The van der Waals surface area contributed by atoms with Gasteiger partial charge in [0.1, 0.15) is 0 Å². The van der Waals surface area contributed by atoms with Crippen LogP contribution >= 0.6 is 0 Å². The van der Waals surface area contributed by atoms with E-state index in [1.54, 1.807) is 0 Å². The minimum atomic E-state index is -0.568. The van der Waals surface area contributed by atoms with E-state index in [9.17, 15) is 54.0 Å². The monoisotopic (exact) mass is 779 g/mol. The van der Waals surface area contributed by atoms with Crippen molar-refractivity contribution in [2.24, 2.45) is 11.8 Å². The number of imide groups is 1. The number of amides is 8. The molecule has 0 unspecified atom stereocenters. The van der Waals surface area contributed by atoms with Crippen LogP contribution in [0.2, 0.25) is 0 Å². The Hall–Kier alpha value is -4.42. The number of hydrogen-bond acceptors (Lipinski definition) is 11. The molecule has 0 saturated heterocycles. The van der Waals surface area contributed by atoms with Gasteiger partial charge in [0.25, 0.3) is 11.8 Å². The molecule has 0 atom stereocenters. The quantitative estimate of drug-likeness (QED) is 0.0304. The van der Waals surface area contributed by atoms with Crippen LogP contribution in [0.3, 0.4) is 0 Å². The number of unbranched alkanes of at least 4 members (excludes halogenated alkanes) is 6. The van der Waals surface area contributed by atoms with E-state index >= 15 is 0 Å². The van der Waals surface area contributed by atoms with Crippen molar-refractivity contribution in [3.05, 3.63) is 12.2 Å². The lowest BCUT2D eigenvalue weighted by Gasteiger charge is -2.30. The number of nitrogens with zero attached hydrogens (tertiary/aromatic N) is 4. The molecule has 2 rings (SSSR count). The van der Waals surface area contributed by atoms with Gasteiger partial charge in [-0.2, -0.15) is 0 Å². The number of nitrogens with one attached hydrogen (secondary N) is 3. The topological polar surface area (TPSA) is 246 Å². The van der Waals surface area contributed by atoms with Crippen LogP contribution in [0.1, 0.15) is 116 Å². The van der Waals surface area contributed by atoms with E-state index in [-0.39, 0.29) is 86.7 Å². The van der Waals surface area contributed by atoms with Gasteiger partial charge in [-0.3, -0.25) is 58.9 Å². The highest BCUT2D eigenvalue weighted by molar-refractivity contribution is 6.12. The SMILES string of the molecule is CC(=O)N(O)CCCCCNC(=O)CCC(=O)N(O)CCCCCNC(=O)CCC(=O)N(O)CCCCCNC(=O)C1CCC(CN2C(=O)C=CC2=O)CC1. The van der Waals surface area contributed by atoms with E-state index in [0.717, 1.165) is 12.8 Å². The highest BCUT2D eigenvalue weighted by atomic mass is 16.5. The number of carbonyl (C=O) groups is 8. The summed E-state index contributed by atoms with van der Waals surface area (Å²) >= 11 is 0. The lowest BCUT2D eigenvalue weighted by atomic mass is 9.81. The third-order valence-corrected chi connectivity index (χ3v) is 9.71. The van der Waals surface area contributed by atoms with E-state index in [4.69, 9.17) is 0 Å². The van der Waals surface area contributed by atoms with Gasteiger partial charge in [0.2, 0.25) is 35.4 Å². The molecule has 1 saturated carbocycles. The van der Waals surface area contributed by atoms with Crippen molar-refractivity contribution in [3.8, 4) is 0 Å². The van der Waals surface area contributed by atoms with Gasteiger partial charge in [0.15, 0.2) is 0 Å². The zero-order valence-corrected chi connectivity index (χ0v) is 32.2. The fraction of sp³-hybridized carbons (Fsp3) is 0.730. The molecule has 0 spiro atoms. The molecular weight excluding hydrogens is 718 g/mol. The van der Waals surface area contributed by atoms with E-state index < -0.39 is 17.7 Å². The molecule has 0 aromatic carbocycles. The first-order valence-electron chi connectivity index (χ1n) is 19.6. The molecule has 0 aromatic heterocycles. The molecule has 8 amide bonds. The Morgan fingerprint density at radius 3 is 1.45 bits per heavy atom. The molecule has 6 N–H and O–H groups in total. The van der Waals surface area contributed by atoms with E-state index in [0.29, 0.717) is 112 Å². The lowest BCUT2D eigenvalue weighted by molar-refractivity contribution is -0.166. The van der Waals surface area contributed by atoms with Gasteiger partial charge in [-0.25, -0.2) is 15.2 Å². The summed E-state index contributed by atoms with van der Waals surface area (Å²) in [5, 5.41) is 39.5. The third kappa shape index (κ3) is 19.6. The number of rotatable bonds is 27. The Kier molecular flexibility index (Phi) is 22.4. The average Bonchev–Trinajstić information content (AvgIpc) is 3.48. The van der Waals surface area contributed by atoms with Crippen molar-refractivity contribution in [1.29, 1.82) is 0 Å². The van der Waals surface area contributed by atoms with Crippen LogP contribution in [0, 0.1) is 11.8 Å². The molecule has 55 heavy (non-hydrogen) atoms. The summed E-state index contributed by atoms with van der Waals surface area (Å²) < 4.78 is 0. The van der Waals surface area contributed by atoms with Gasteiger partial charge in [-0.1, -0.05) is 0 Å². The molecule has 0 bridgehead atoms. The molecular formula is C37H61N7O11. The Morgan fingerprint density at radius 1 is 0.600 bits per heavy atom. The fourth-order valence-electron chi connectivity index (χ4n) is 6.26. The van der Waals surface area contributed by atoms with E-state index in [1.807, 2.05) is 0 Å². The minimum absolute atomic E-state index is 0.00417. The first-order valence-corrected chi connectivity index (χ1v) is 19.6. The summed E-state index contributed by atoms with van der Waals surface area (Å²) in [4.78, 5) is 96.7. The Labute approximate surface area is 322 Å². The first-order chi connectivity index (χ1) is 26.3. The predicted molar refractivity (Wildman–Crippen MR) is 197 cm³/mol. The first kappa shape index (κ1) is 46.7. The van der Waals surface area contributed by atoms with Crippen molar-refractivity contribution < 1.29 is 54.0 Å². The van der Waals surface area contributed by atoms with Gasteiger partial charge in [0, 0.05) is 96.5 Å². The second-order valence-electron chi connectivity index (χ2n) is 14.2. The van der Waals surface area contributed by atoms with Crippen LogP contribution in [0.4, 0.5) is 0 Å². The largest absolute Gasteiger partial charge is 0.356 e. The maximum absolute atomic E-state index is 12.6. The smallest absolute Gasteiger partial charge is 0.253 e. The summed E-state index contributed by atoms with van der Waals surface area (Å²) in [5.41, 5.74) is 0. The van der Waals surface area contributed by atoms with Crippen LogP contribution in [-0.4, -0.2) is 129 Å². The summed E-state index contributed by atoms with van der Waals surface area (Å²) in [6.07, 6.45) is 10.7. The third-order valence-electron chi connectivity index (χ3n) is 9.71. The van der Waals surface area contributed by atoms with Crippen LogP contribution in [-0.2, 0) is 38.4 Å². The molecule has 1 aliphatic carbocycles. The van der Waals surface area contributed by atoms with Crippen LogP contribution in [0.25, 0.3) is 0 Å². The lowest BCUT2D eigenvalue weighted by Crippen LogP contribution is -2.38. The van der Waals surface area contributed by atoms with Crippen molar-refractivity contribution in [1.82, 2.24) is 36.0 Å². The maximum Gasteiger partial charge on any atom is 0.253 e. The van der Waals surface area contributed by atoms with Crippen LogP contribution in [0.5, 0.6) is 0 Å². The van der Waals surface area contributed by atoms with Crippen molar-refractivity contribution in [2.75, 3.05) is 45.8 Å². The molecule has 0 aromatic rings. The van der Waals surface area contributed by atoms with Gasteiger partial charge < -0.3 is 16.0 Å². The van der Waals surface area contributed by atoms with Crippen LogP contribution < -0.4 is 16.0 Å². The fourth-order valence-corrected chi connectivity index (χ4v) is 6.26. The summed E-state index contributed by atoms with van der Waals surface area (Å²) in [7, 11) is 0. The second-order valence-corrected chi connectivity index (χ2v) is 14.2. The van der Waals surface area contributed by atoms with Gasteiger partial charge in [-0.05, 0) is 89.4 Å².